The van der Waals surface area contributed by atoms with Crippen LogP contribution in [0.1, 0.15) is 85.0 Å². The van der Waals surface area contributed by atoms with Crippen molar-refractivity contribution in [3.05, 3.63) is 0 Å². The Hall–Kier alpha value is -0.530. The van der Waals surface area contributed by atoms with Crippen LogP contribution in [0.2, 0.25) is 0 Å². The van der Waals surface area contributed by atoms with Crippen LogP contribution >= 0.6 is 0 Å². The van der Waals surface area contributed by atoms with Crippen LogP contribution in [0.25, 0.3) is 0 Å². The van der Waals surface area contributed by atoms with Crippen molar-refractivity contribution in [2.24, 2.45) is 11.8 Å². The van der Waals surface area contributed by atoms with E-state index in [1.807, 2.05) is 0 Å². The van der Waals surface area contributed by atoms with Gasteiger partial charge in [0.1, 0.15) is 0 Å². The van der Waals surface area contributed by atoms with E-state index < -0.39 is 5.97 Å². The molecular weight excluding hydrogens is 224 g/mol. The van der Waals surface area contributed by atoms with Crippen LogP contribution < -0.4 is 0 Å². The van der Waals surface area contributed by atoms with Gasteiger partial charge in [0.2, 0.25) is 0 Å². The van der Waals surface area contributed by atoms with Gasteiger partial charge >= 0.3 is 5.97 Å². The van der Waals surface area contributed by atoms with E-state index in [9.17, 15) is 9.90 Å². The number of unbranched alkanes of at least 4 members (excludes halogenated alkanes) is 5. The lowest BCUT2D eigenvalue weighted by Gasteiger charge is -2.18. The zero-order valence-corrected chi connectivity index (χ0v) is 12.6. The van der Waals surface area contributed by atoms with Gasteiger partial charge < -0.3 is 5.11 Å². The van der Waals surface area contributed by atoms with Gasteiger partial charge in [-0.05, 0) is 18.8 Å². The smallest absolute Gasteiger partial charge is 0.306 e. The van der Waals surface area contributed by atoms with Crippen molar-refractivity contribution in [1.29, 1.82) is 0 Å². The van der Waals surface area contributed by atoms with E-state index in [1.165, 1.54) is 32.1 Å². The normalized spacial score (nSPS) is 12.9. The molecule has 0 heterocycles. The number of hydrogen-bond donors (Lipinski definition) is 1. The van der Waals surface area contributed by atoms with Gasteiger partial charge in [0.05, 0.1) is 5.92 Å². The fourth-order valence-corrected chi connectivity index (χ4v) is 2.54. The Kier molecular flexibility index (Phi) is 11.2. The standard InChI is InChI=1S/C16H32O2/c1-4-7-8-9-10-11-12-15(16(17)18)13-14(5-2)6-3/h14-15H,4-13H2,1-3H3,(H,17,18). The molecular formula is C16H32O2. The first-order valence-corrected chi connectivity index (χ1v) is 7.88. The molecule has 2 heteroatoms. The molecule has 0 aliphatic heterocycles. The summed E-state index contributed by atoms with van der Waals surface area (Å²) in [5.74, 6) is -0.109. The second-order valence-corrected chi connectivity index (χ2v) is 5.51. The molecule has 0 saturated carbocycles. The van der Waals surface area contributed by atoms with Crippen molar-refractivity contribution >= 4 is 5.97 Å². The van der Waals surface area contributed by atoms with E-state index in [0.29, 0.717) is 5.92 Å². The van der Waals surface area contributed by atoms with Crippen LogP contribution in [0.5, 0.6) is 0 Å². The molecule has 1 N–H and O–H groups in total. The van der Waals surface area contributed by atoms with Crippen LogP contribution in [-0.4, -0.2) is 11.1 Å². The molecule has 0 aromatic heterocycles. The van der Waals surface area contributed by atoms with Crippen LogP contribution in [0, 0.1) is 11.8 Å². The quantitative estimate of drug-likeness (QED) is 0.483. The highest BCUT2D eigenvalue weighted by molar-refractivity contribution is 5.69. The third-order valence-electron chi connectivity index (χ3n) is 4.03. The highest BCUT2D eigenvalue weighted by Crippen LogP contribution is 2.23. The molecule has 0 rings (SSSR count). The first kappa shape index (κ1) is 17.5. The van der Waals surface area contributed by atoms with Crippen molar-refractivity contribution in [1.82, 2.24) is 0 Å². The van der Waals surface area contributed by atoms with E-state index >= 15 is 0 Å². The van der Waals surface area contributed by atoms with Gasteiger partial charge in [-0.2, -0.15) is 0 Å². The van der Waals surface area contributed by atoms with Crippen LogP contribution in [0.4, 0.5) is 0 Å². The van der Waals surface area contributed by atoms with Crippen molar-refractivity contribution in [3.8, 4) is 0 Å². The zero-order chi connectivity index (χ0) is 13.8. The van der Waals surface area contributed by atoms with Gasteiger partial charge in [-0.3, -0.25) is 4.79 Å². The lowest BCUT2D eigenvalue weighted by Crippen LogP contribution is -2.17. The van der Waals surface area contributed by atoms with E-state index in [2.05, 4.69) is 20.8 Å². The molecule has 0 bridgehead atoms. The van der Waals surface area contributed by atoms with Crippen LogP contribution in [0.3, 0.4) is 0 Å². The molecule has 0 spiro atoms. The molecule has 0 aliphatic rings. The fourth-order valence-electron chi connectivity index (χ4n) is 2.54. The predicted octanol–water partition coefficient (Wildman–Crippen LogP) is 5.26. The van der Waals surface area contributed by atoms with Crippen LogP contribution in [-0.2, 0) is 4.79 Å². The lowest BCUT2D eigenvalue weighted by molar-refractivity contribution is -0.142. The summed E-state index contributed by atoms with van der Waals surface area (Å²) in [4.78, 5) is 11.2. The molecule has 1 unspecified atom stereocenters. The van der Waals surface area contributed by atoms with Crippen molar-refractivity contribution in [2.75, 3.05) is 0 Å². The molecule has 1 atom stereocenters. The molecule has 18 heavy (non-hydrogen) atoms. The molecule has 0 radical (unpaired) electrons. The minimum absolute atomic E-state index is 0.110. The number of rotatable bonds is 12. The highest BCUT2D eigenvalue weighted by Gasteiger charge is 2.20. The molecule has 0 saturated heterocycles. The first-order chi connectivity index (χ1) is 8.65. The number of carbonyl (C=O) groups is 1. The third kappa shape index (κ3) is 8.54. The highest BCUT2D eigenvalue weighted by atomic mass is 16.4. The summed E-state index contributed by atoms with van der Waals surface area (Å²) in [5, 5.41) is 9.25. The van der Waals surface area contributed by atoms with Gasteiger partial charge in [0.25, 0.3) is 0 Å². The summed E-state index contributed by atoms with van der Waals surface area (Å²) >= 11 is 0. The Morgan fingerprint density at radius 2 is 1.50 bits per heavy atom. The zero-order valence-electron chi connectivity index (χ0n) is 12.6. The van der Waals surface area contributed by atoms with E-state index in [-0.39, 0.29) is 5.92 Å². The summed E-state index contributed by atoms with van der Waals surface area (Å²) < 4.78 is 0. The minimum atomic E-state index is -0.588. The molecule has 0 amide bonds. The number of hydrogen-bond acceptors (Lipinski definition) is 1. The molecule has 0 fully saturated rings. The number of carboxylic acids is 1. The topological polar surface area (TPSA) is 37.3 Å². The summed E-state index contributed by atoms with van der Waals surface area (Å²) in [6, 6.07) is 0. The molecule has 2 nitrogen and oxygen atoms in total. The van der Waals surface area contributed by atoms with E-state index in [1.54, 1.807) is 0 Å². The first-order valence-electron chi connectivity index (χ1n) is 7.88. The number of aliphatic carboxylic acids is 1. The number of carboxylic acid groups (broad SMARTS) is 1. The Bertz CT molecular complexity index is 197. The summed E-state index contributed by atoms with van der Waals surface area (Å²) in [6.07, 6.45) is 11.4. The summed E-state index contributed by atoms with van der Waals surface area (Å²) in [7, 11) is 0. The van der Waals surface area contributed by atoms with Crippen molar-refractivity contribution < 1.29 is 9.90 Å². The van der Waals surface area contributed by atoms with Crippen LogP contribution in [0.15, 0.2) is 0 Å². The molecule has 0 aromatic rings. The largest absolute Gasteiger partial charge is 0.481 e. The van der Waals surface area contributed by atoms with Gasteiger partial charge in [-0.25, -0.2) is 0 Å². The Morgan fingerprint density at radius 3 is 2.00 bits per heavy atom. The van der Waals surface area contributed by atoms with E-state index in [4.69, 9.17) is 0 Å². The average molecular weight is 256 g/mol. The maximum atomic E-state index is 11.2. The van der Waals surface area contributed by atoms with Crippen molar-refractivity contribution in [2.45, 2.75) is 85.0 Å². The Labute approximate surface area is 113 Å². The second kappa shape index (κ2) is 11.6. The monoisotopic (exact) mass is 256 g/mol. The maximum Gasteiger partial charge on any atom is 0.306 e. The van der Waals surface area contributed by atoms with Gasteiger partial charge in [0.15, 0.2) is 0 Å². The Balaban J connectivity index is 3.80. The molecule has 108 valence electrons. The summed E-state index contributed by atoms with van der Waals surface area (Å²) in [5.41, 5.74) is 0. The fraction of sp³-hybridized carbons (Fsp3) is 0.938. The SMILES string of the molecule is CCCCCCCCC(CC(CC)CC)C(=O)O. The van der Waals surface area contributed by atoms with Gasteiger partial charge in [0, 0.05) is 0 Å². The minimum Gasteiger partial charge on any atom is -0.481 e. The third-order valence-corrected chi connectivity index (χ3v) is 4.03. The predicted molar refractivity (Wildman–Crippen MR) is 77.8 cm³/mol. The summed E-state index contributed by atoms with van der Waals surface area (Å²) in [6.45, 7) is 6.55. The lowest BCUT2D eigenvalue weighted by atomic mass is 9.87. The maximum absolute atomic E-state index is 11.2. The average Bonchev–Trinajstić information content (AvgIpc) is 2.37. The van der Waals surface area contributed by atoms with Gasteiger partial charge in [-0.15, -0.1) is 0 Å². The van der Waals surface area contributed by atoms with Crippen molar-refractivity contribution in [3.63, 3.8) is 0 Å². The Morgan fingerprint density at radius 1 is 0.944 bits per heavy atom. The van der Waals surface area contributed by atoms with Gasteiger partial charge in [-0.1, -0.05) is 72.1 Å². The molecule has 0 aliphatic carbocycles. The van der Waals surface area contributed by atoms with E-state index in [0.717, 1.165) is 32.1 Å². The second-order valence-electron chi connectivity index (χ2n) is 5.51. The molecule has 0 aromatic carbocycles.